The fourth-order valence-corrected chi connectivity index (χ4v) is 3.76. The minimum absolute atomic E-state index is 0.575. The summed E-state index contributed by atoms with van der Waals surface area (Å²) in [6.45, 7) is 2.96. The molecule has 0 spiro atoms. The zero-order valence-corrected chi connectivity index (χ0v) is 15.5. The van der Waals surface area contributed by atoms with Crippen LogP contribution < -0.4 is 0 Å². The Hall–Kier alpha value is -2.07. The molecule has 0 saturated heterocycles. The van der Waals surface area contributed by atoms with Crippen LogP contribution in [0.4, 0.5) is 13.2 Å². The molecular formula is C22H24F3N. The minimum Gasteiger partial charge on any atom is -0.309 e. The zero-order chi connectivity index (χ0) is 18.9. The third-order valence-electron chi connectivity index (χ3n) is 4.96. The first-order valence-electron chi connectivity index (χ1n) is 9.01. The SMILES string of the molecule is CCc1c2ccccc2c(CCCN(C)C)c2ccc(C(F)(F)F)cc12. The second kappa shape index (κ2) is 7.28. The molecule has 3 rings (SSSR count). The van der Waals surface area contributed by atoms with Gasteiger partial charge in [-0.15, -0.1) is 0 Å². The van der Waals surface area contributed by atoms with Crippen LogP contribution in [0.2, 0.25) is 0 Å². The smallest absolute Gasteiger partial charge is 0.309 e. The molecule has 4 heteroatoms. The molecule has 0 aliphatic carbocycles. The molecule has 0 bridgehead atoms. The van der Waals surface area contributed by atoms with Gasteiger partial charge in [0.1, 0.15) is 0 Å². The summed E-state index contributed by atoms with van der Waals surface area (Å²) in [7, 11) is 4.07. The van der Waals surface area contributed by atoms with Gasteiger partial charge in [-0.05, 0) is 84.7 Å². The van der Waals surface area contributed by atoms with Crippen molar-refractivity contribution in [3.8, 4) is 0 Å². The first kappa shape index (κ1) is 18.7. The van der Waals surface area contributed by atoms with Crippen molar-refractivity contribution in [3.63, 3.8) is 0 Å². The van der Waals surface area contributed by atoms with Crippen molar-refractivity contribution in [2.24, 2.45) is 0 Å². The van der Waals surface area contributed by atoms with Crippen LogP contribution in [0.15, 0.2) is 42.5 Å². The van der Waals surface area contributed by atoms with E-state index in [1.807, 2.05) is 39.2 Å². The molecule has 0 saturated carbocycles. The van der Waals surface area contributed by atoms with Gasteiger partial charge in [0.15, 0.2) is 0 Å². The lowest BCUT2D eigenvalue weighted by atomic mass is 9.88. The Bertz CT molecular complexity index is 926. The van der Waals surface area contributed by atoms with Crippen LogP contribution in [-0.4, -0.2) is 25.5 Å². The van der Waals surface area contributed by atoms with E-state index in [9.17, 15) is 13.2 Å². The van der Waals surface area contributed by atoms with E-state index < -0.39 is 11.7 Å². The second-order valence-corrected chi connectivity index (χ2v) is 7.02. The molecule has 0 aliphatic heterocycles. The maximum absolute atomic E-state index is 13.3. The molecule has 0 N–H and O–H groups in total. The number of benzene rings is 3. The lowest BCUT2D eigenvalue weighted by Gasteiger charge is -2.18. The maximum Gasteiger partial charge on any atom is 0.416 e. The second-order valence-electron chi connectivity index (χ2n) is 7.02. The van der Waals surface area contributed by atoms with Crippen LogP contribution in [-0.2, 0) is 19.0 Å². The van der Waals surface area contributed by atoms with Crippen molar-refractivity contribution in [1.82, 2.24) is 4.90 Å². The van der Waals surface area contributed by atoms with Crippen molar-refractivity contribution in [2.75, 3.05) is 20.6 Å². The number of nitrogens with zero attached hydrogens (tertiary/aromatic N) is 1. The van der Waals surface area contributed by atoms with E-state index in [1.165, 1.54) is 12.1 Å². The number of alkyl halides is 3. The number of aryl methyl sites for hydroxylation is 2. The third-order valence-corrected chi connectivity index (χ3v) is 4.96. The van der Waals surface area contributed by atoms with Gasteiger partial charge in [-0.1, -0.05) is 37.3 Å². The van der Waals surface area contributed by atoms with Crippen LogP contribution in [0.5, 0.6) is 0 Å². The summed E-state index contributed by atoms with van der Waals surface area (Å²) in [5, 5.41) is 3.92. The van der Waals surface area contributed by atoms with E-state index in [1.54, 1.807) is 6.07 Å². The number of hydrogen-bond acceptors (Lipinski definition) is 1. The Morgan fingerprint density at radius 1 is 0.846 bits per heavy atom. The summed E-state index contributed by atoms with van der Waals surface area (Å²) in [4.78, 5) is 2.13. The lowest BCUT2D eigenvalue weighted by Crippen LogP contribution is -2.13. The largest absolute Gasteiger partial charge is 0.416 e. The number of hydrogen-bond donors (Lipinski definition) is 0. The monoisotopic (exact) mass is 359 g/mol. The highest BCUT2D eigenvalue weighted by Gasteiger charge is 2.31. The number of rotatable bonds is 5. The van der Waals surface area contributed by atoms with E-state index in [2.05, 4.69) is 11.0 Å². The van der Waals surface area contributed by atoms with Crippen molar-refractivity contribution >= 4 is 21.5 Å². The molecule has 1 nitrogen and oxygen atoms in total. The molecule has 0 aromatic heterocycles. The molecule has 3 aromatic rings. The van der Waals surface area contributed by atoms with Gasteiger partial charge >= 0.3 is 6.18 Å². The summed E-state index contributed by atoms with van der Waals surface area (Å²) >= 11 is 0. The van der Waals surface area contributed by atoms with Crippen molar-refractivity contribution in [3.05, 3.63) is 59.2 Å². The maximum atomic E-state index is 13.3. The van der Waals surface area contributed by atoms with Gasteiger partial charge in [-0.25, -0.2) is 0 Å². The summed E-state index contributed by atoms with van der Waals surface area (Å²) in [6, 6.07) is 12.3. The quantitative estimate of drug-likeness (QED) is 0.500. The Balaban J connectivity index is 2.28. The lowest BCUT2D eigenvalue weighted by molar-refractivity contribution is -0.137. The molecule has 0 unspecified atom stereocenters. The average molecular weight is 359 g/mol. The van der Waals surface area contributed by atoms with Crippen LogP contribution >= 0.6 is 0 Å². The molecule has 0 amide bonds. The van der Waals surface area contributed by atoms with Crippen molar-refractivity contribution < 1.29 is 13.2 Å². The molecule has 3 aromatic carbocycles. The van der Waals surface area contributed by atoms with Gasteiger partial charge in [0.25, 0.3) is 0 Å². The highest BCUT2D eigenvalue weighted by Crippen LogP contribution is 2.38. The Morgan fingerprint density at radius 2 is 1.46 bits per heavy atom. The Labute approximate surface area is 152 Å². The molecule has 0 atom stereocenters. The third kappa shape index (κ3) is 3.56. The van der Waals surface area contributed by atoms with Gasteiger partial charge in [0, 0.05) is 0 Å². The van der Waals surface area contributed by atoms with Crippen molar-refractivity contribution in [1.29, 1.82) is 0 Å². The summed E-state index contributed by atoms with van der Waals surface area (Å²) in [5.74, 6) is 0. The predicted molar refractivity (Wildman–Crippen MR) is 103 cm³/mol. The summed E-state index contributed by atoms with van der Waals surface area (Å²) in [5.41, 5.74) is 1.58. The van der Waals surface area contributed by atoms with E-state index in [0.29, 0.717) is 6.42 Å². The highest BCUT2D eigenvalue weighted by atomic mass is 19.4. The molecular weight excluding hydrogens is 335 g/mol. The highest BCUT2D eigenvalue weighted by molar-refractivity contribution is 6.06. The van der Waals surface area contributed by atoms with Crippen LogP contribution in [0.1, 0.15) is 30.0 Å². The Kier molecular flexibility index (Phi) is 5.24. The summed E-state index contributed by atoms with van der Waals surface area (Å²) < 4.78 is 39.8. The topological polar surface area (TPSA) is 3.24 Å². The van der Waals surface area contributed by atoms with E-state index >= 15 is 0 Å². The molecule has 0 radical (unpaired) electrons. The fraction of sp³-hybridized carbons (Fsp3) is 0.364. The molecule has 138 valence electrons. The minimum atomic E-state index is -4.32. The summed E-state index contributed by atoms with van der Waals surface area (Å²) in [6.07, 6.45) is -1.80. The standard InChI is InChI=1S/C22H24F3N/c1-4-16-17-8-5-6-9-18(17)19(10-7-13-26(2)3)20-12-11-15(14-21(16)20)22(23,24)25/h5-6,8-9,11-12,14H,4,7,10,13H2,1-3H3. The molecule has 0 aliphatic rings. The van der Waals surface area contributed by atoms with E-state index in [-0.39, 0.29) is 0 Å². The van der Waals surface area contributed by atoms with Crippen molar-refractivity contribution in [2.45, 2.75) is 32.4 Å². The van der Waals surface area contributed by atoms with Gasteiger partial charge in [-0.2, -0.15) is 13.2 Å². The first-order valence-corrected chi connectivity index (χ1v) is 9.01. The first-order chi connectivity index (χ1) is 12.3. The molecule has 0 heterocycles. The number of fused-ring (bicyclic) bond motifs is 2. The average Bonchev–Trinajstić information content (AvgIpc) is 2.59. The van der Waals surface area contributed by atoms with Gasteiger partial charge < -0.3 is 4.90 Å². The number of halogens is 3. The van der Waals surface area contributed by atoms with Gasteiger partial charge in [-0.3, -0.25) is 0 Å². The van der Waals surface area contributed by atoms with Crippen LogP contribution in [0.25, 0.3) is 21.5 Å². The van der Waals surface area contributed by atoms with E-state index in [0.717, 1.165) is 52.1 Å². The van der Waals surface area contributed by atoms with Crippen LogP contribution in [0.3, 0.4) is 0 Å². The van der Waals surface area contributed by atoms with E-state index in [4.69, 9.17) is 0 Å². The zero-order valence-electron chi connectivity index (χ0n) is 15.5. The molecule has 26 heavy (non-hydrogen) atoms. The predicted octanol–water partition coefficient (Wildman–Crippen LogP) is 6.07. The molecule has 0 fully saturated rings. The van der Waals surface area contributed by atoms with Crippen LogP contribution in [0, 0.1) is 0 Å². The van der Waals surface area contributed by atoms with Gasteiger partial charge in [0.05, 0.1) is 5.56 Å². The normalized spacial score (nSPS) is 12.4. The van der Waals surface area contributed by atoms with Gasteiger partial charge in [0.2, 0.25) is 0 Å². The Morgan fingerprint density at radius 3 is 2.04 bits per heavy atom. The fourth-order valence-electron chi connectivity index (χ4n) is 3.76.